The quantitative estimate of drug-likeness (QED) is 0.460. The van der Waals surface area contributed by atoms with E-state index in [1.807, 2.05) is 30.3 Å². The zero-order valence-electron chi connectivity index (χ0n) is 17.1. The summed E-state index contributed by atoms with van der Waals surface area (Å²) < 4.78 is 7.21. The summed E-state index contributed by atoms with van der Waals surface area (Å²) in [7, 11) is 0. The molecule has 30 heavy (non-hydrogen) atoms. The van der Waals surface area contributed by atoms with Crippen LogP contribution < -0.4 is 5.32 Å². The minimum absolute atomic E-state index is 0.298. The molecule has 4 rings (SSSR count). The maximum atomic E-state index is 11.9. The van der Waals surface area contributed by atoms with Crippen molar-refractivity contribution in [1.29, 1.82) is 0 Å². The number of fused-ring (bicyclic) bond motifs is 1. The fourth-order valence-corrected chi connectivity index (χ4v) is 3.45. The molecule has 1 N–H and O–H groups in total. The molecule has 0 aliphatic heterocycles. The third-order valence-electron chi connectivity index (χ3n) is 5.01. The lowest BCUT2D eigenvalue weighted by Crippen LogP contribution is -2.06. The summed E-state index contributed by atoms with van der Waals surface area (Å²) in [4.78, 5) is 20.8. The Morgan fingerprint density at radius 3 is 2.53 bits per heavy atom. The first-order chi connectivity index (χ1) is 14.7. The topological polar surface area (TPSA) is 69.0 Å². The molecule has 0 radical (unpaired) electrons. The highest BCUT2D eigenvalue weighted by atomic mass is 16.5. The van der Waals surface area contributed by atoms with Gasteiger partial charge in [-0.25, -0.2) is 14.8 Å². The van der Waals surface area contributed by atoms with E-state index in [1.54, 1.807) is 25.4 Å². The molecular weight excluding hydrogens is 376 g/mol. The lowest BCUT2D eigenvalue weighted by Gasteiger charge is -2.10. The summed E-state index contributed by atoms with van der Waals surface area (Å²) >= 11 is 0. The van der Waals surface area contributed by atoms with Gasteiger partial charge in [0.15, 0.2) is 0 Å². The number of ether oxygens (including phenoxy) is 1. The lowest BCUT2D eigenvalue weighted by atomic mass is 10.1. The normalized spacial score (nSPS) is 10.9. The van der Waals surface area contributed by atoms with Gasteiger partial charge in [0.25, 0.3) is 0 Å². The summed E-state index contributed by atoms with van der Waals surface area (Å²) in [5.74, 6) is 0.525. The van der Waals surface area contributed by atoms with Crippen molar-refractivity contribution in [2.75, 3.05) is 11.9 Å². The van der Waals surface area contributed by atoms with Crippen molar-refractivity contribution in [3.63, 3.8) is 0 Å². The summed E-state index contributed by atoms with van der Waals surface area (Å²) in [5, 5.41) is 4.42. The second-order valence-electron chi connectivity index (χ2n) is 7.09. The SMILES string of the molecule is CCOC(=O)c1ccc(Cn2c(C)cc3c(NCc4ccccc4)ncnc32)cc1. The molecule has 0 spiro atoms. The molecule has 2 aromatic heterocycles. The van der Waals surface area contributed by atoms with Crippen LogP contribution in [0.2, 0.25) is 0 Å². The molecule has 0 aliphatic rings. The van der Waals surface area contributed by atoms with Gasteiger partial charge in [0.1, 0.15) is 17.8 Å². The van der Waals surface area contributed by atoms with Gasteiger partial charge in [-0.15, -0.1) is 0 Å². The van der Waals surface area contributed by atoms with E-state index in [4.69, 9.17) is 4.74 Å². The highest BCUT2D eigenvalue weighted by Crippen LogP contribution is 2.25. The van der Waals surface area contributed by atoms with Crippen LogP contribution in [0.25, 0.3) is 11.0 Å². The zero-order valence-corrected chi connectivity index (χ0v) is 17.1. The van der Waals surface area contributed by atoms with Gasteiger partial charge in [-0.3, -0.25) is 0 Å². The second kappa shape index (κ2) is 8.78. The molecule has 2 aromatic carbocycles. The van der Waals surface area contributed by atoms with E-state index in [2.05, 4.69) is 45.0 Å². The number of hydrogen-bond acceptors (Lipinski definition) is 5. The molecular formula is C24H24N4O2. The Balaban J connectivity index is 1.56. The molecule has 0 unspecified atom stereocenters. The average Bonchev–Trinajstić information content (AvgIpc) is 3.09. The van der Waals surface area contributed by atoms with Crippen LogP contribution in [-0.2, 0) is 17.8 Å². The number of benzene rings is 2. The number of hydrogen-bond donors (Lipinski definition) is 1. The van der Waals surface area contributed by atoms with Crippen LogP contribution in [0.5, 0.6) is 0 Å². The van der Waals surface area contributed by atoms with Crippen molar-refractivity contribution in [2.24, 2.45) is 0 Å². The second-order valence-corrected chi connectivity index (χ2v) is 7.09. The highest BCUT2D eigenvalue weighted by molar-refractivity contribution is 5.89. The van der Waals surface area contributed by atoms with Gasteiger partial charge < -0.3 is 14.6 Å². The molecule has 6 nitrogen and oxygen atoms in total. The van der Waals surface area contributed by atoms with Crippen molar-refractivity contribution in [3.05, 3.63) is 89.4 Å². The first kappa shape index (κ1) is 19.6. The van der Waals surface area contributed by atoms with Crippen molar-refractivity contribution >= 4 is 22.8 Å². The molecule has 0 bridgehead atoms. The van der Waals surface area contributed by atoms with Gasteiger partial charge in [-0.05, 0) is 43.2 Å². The largest absolute Gasteiger partial charge is 0.462 e. The fraction of sp³-hybridized carbons (Fsp3) is 0.208. The number of nitrogens with one attached hydrogen (secondary N) is 1. The van der Waals surface area contributed by atoms with E-state index in [1.165, 1.54) is 5.56 Å². The van der Waals surface area contributed by atoms with E-state index in [9.17, 15) is 4.79 Å². The predicted octanol–water partition coefficient (Wildman–Crippen LogP) is 4.58. The van der Waals surface area contributed by atoms with Gasteiger partial charge >= 0.3 is 5.97 Å². The van der Waals surface area contributed by atoms with E-state index < -0.39 is 0 Å². The number of aryl methyl sites for hydroxylation is 1. The van der Waals surface area contributed by atoms with E-state index in [0.717, 1.165) is 28.1 Å². The van der Waals surface area contributed by atoms with Gasteiger partial charge in [-0.2, -0.15) is 0 Å². The number of aromatic nitrogens is 3. The van der Waals surface area contributed by atoms with Crippen LogP contribution >= 0.6 is 0 Å². The Hall–Kier alpha value is -3.67. The van der Waals surface area contributed by atoms with E-state index in [-0.39, 0.29) is 5.97 Å². The number of nitrogens with zero attached hydrogens (tertiary/aromatic N) is 3. The van der Waals surface area contributed by atoms with Crippen molar-refractivity contribution in [2.45, 2.75) is 26.9 Å². The van der Waals surface area contributed by atoms with Crippen molar-refractivity contribution < 1.29 is 9.53 Å². The molecule has 4 aromatic rings. The third kappa shape index (κ3) is 4.17. The van der Waals surface area contributed by atoms with E-state index in [0.29, 0.717) is 25.3 Å². The first-order valence-corrected chi connectivity index (χ1v) is 10.0. The summed E-state index contributed by atoms with van der Waals surface area (Å²) in [6, 6.07) is 19.8. The number of carbonyl (C=O) groups excluding carboxylic acids is 1. The van der Waals surface area contributed by atoms with Crippen LogP contribution in [0.1, 0.15) is 34.1 Å². The van der Waals surface area contributed by atoms with Crippen LogP contribution in [0.4, 0.5) is 5.82 Å². The molecule has 2 heterocycles. The number of anilines is 1. The maximum Gasteiger partial charge on any atom is 0.338 e. The lowest BCUT2D eigenvalue weighted by molar-refractivity contribution is 0.0526. The Kier molecular flexibility index (Phi) is 5.75. The average molecular weight is 400 g/mol. The predicted molar refractivity (Wildman–Crippen MR) is 118 cm³/mol. The van der Waals surface area contributed by atoms with E-state index >= 15 is 0 Å². The monoisotopic (exact) mass is 400 g/mol. The van der Waals surface area contributed by atoms with Crippen LogP contribution in [-0.4, -0.2) is 27.1 Å². The van der Waals surface area contributed by atoms with Crippen LogP contribution in [0, 0.1) is 6.92 Å². The molecule has 152 valence electrons. The summed E-state index contributed by atoms with van der Waals surface area (Å²) in [6.07, 6.45) is 1.59. The van der Waals surface area contributed by atoms with Crippen LogP contribution in [0.15, 0.2) is 67.0 Å². The van der Waals surface area contributed by atoms with Crippen LogP contribution in [0.3, 0.4) is 0 Å². The maximum absolute atomic E-state index is 11.9. The Labute approximate surface area is 175 Å². The molecule has 0 saturated heterocycles. The molecule has 0 amide bonds. The number of rotatable bonds is 7. The fourth-order valence-electron chi connectivity index (χ4n) is 3.45. The first-order valence-electron chi connectivity index (χ1n) is 10.0. The van der Waals surface area contributed by atoms with Gasteiger partial charge in [0.05, 0.1) is 17.6 Å². The van der Waals surface area contributed by atoms with Gasteiger partial charge in [0, 0.05) is 18.8 Å². The minimum atomic E-state index is -0.298. The Morgan fingerprint density at radius 2 is 1.80 bits per heavy atom. The molecule has 0 atom stereocenters. The van der Waals surface area contributed by atoms with Gasteiger partial charge in [0.2, 0.25) is 0 Å². The molecule has 0 fully saturated rings. The van der Waals surface area contributed by atoms with Crippen molar-refractivity contribution in [3.8, 4) is 0 Å². The smallest absolute Gasteiger partial charge is 0.338 e. The number of esters is 1. The minimum Gasteiger partial charge on any atom is -0.462 e. The summed E-state index contributed by atoms with van der Waals surface area (Å²) in [5.41, 5.74) is 4.82. The van der Waals surface area contributed by atoms with Gasteiger partial charge in [-0.1, -0.05) is 42.5 Å². The Bertz CT molecular complexity index is 1150. The highest BCUT2D eigenvalue weighted by Gasteiger charge is 2.13. The van der Waals surface area contributed by atoms with Crippen molar-refractivity contribution in [1.82, 2.24) is 14.5 Å². The number of carbonyl (C=O) groups is 1. The molecule has 6 heteroatoms. The standard InChI is InChI=1S/C24H24N4O2/c1-3-30-24(29)20-11-9-19(10-12-20)15-28-17(2)13-21-22(26-16-27-23(21)28)25-14-18-7-5-4-6-8-18/h4-13,16H,3,14-15H2,1-2H3,(H,25,26,27). The molecule has 0 aliphatic carbocycles. The Morgan fingerprint density at radius 1 is 1.03 bits per heavy atom. The summed E-state index contributed by atoms with van der Waals surface area (Å²) in [6.45, 7) is 5.60. The zero-order chi connectivity index (χ0) is 20.9. The molecule has 0 saturated carbocycles. The third-order valence-corrected chi connectivity index (χ3v) is 5.01.